The van der Waals surface area contributed by atoms with Crippen molar-refractivity contribution >= 4 is 11.6 Å². The molecule has 0 aliphatic carbocycles. The number of furan rings is 1. The number of aromatic nitrogens is 2. The zero-order valence-corrected chi connectivity index (χ0v) is 14.3. The highest BCUT2D eigenvalue weighted by Gasteiger charge is 2.26. The van der Waals surface area contributed by atoms with E-state index >= 15 is 0 Å². The highest BCUT2D eigenvalue weighted by Crippen LogP contribution is 2.25. The van der Waals surface area contributed by atoms with Crippen LogP contribution in [0.25, 0.3) is 5.65 Å². The average molecular weight is 338 g/mol. The van der Waals surface area contributed by atoms with Gasteiger partial charge in [0.1, 0.15) is 17.1 Å². The molecule has 0 radical (unpaired) electrons. The molecule has 6 nitrogen and oxygen atoms in total. The lowest BCUT2D eigenvalue weighted by atomic mass is 10.2. The number of aryl methyl sites for hydroxylation is 1. The van der Waals surface area contributed by atoms with Crippen LogP contribution in [0.2, 0.25) is 0 Å². The van der Waals surface area contributed by atoms with E-state index in [1.165, 1.54) is 12.8 Å². The molecule has 6 heteroatoms. The molecule has 1 saturated heterocycles. The molecule has 1 N–H and O–H groups in total. The van der Waals surface area contributed by atoms with Crippen LogP contribution in [-0.2, 0) is 0 Å². The first-order valence-corrected chi connectivity index (χ1v) is 8.73. The average Bonchev–Trinajstić information content (AvgIpc) is 3.36. The monoisotopic (exact) mass is 338 g/mol. The van der Waals surface area contributed by atoms with Gasteiger partial charge in [-0.1, -0.05) is 6.07 Å². The van der Waals surface area contributed by atoms with Crippen LogP contribution < -0.4 is 5.32 Å². The van der Waals surface area contributed by atoms with Crippen molar-refractivity contribution in [2.24, 2.45) is 0 Å². The molecule has 0 spiro atoms. The molecule has 3 aromatic rings. The van der Waals surface area contributed by atoms with Crippen LogP contribution in [0, 0.1) is 6.92 Å². The number of nitrogens with zero attached hydrogens (tertiary/aromatic N) is 3. The maximum absolute atomic E-state index is 12.6. The smallest absolute Gasteiger partial charge is 0.271 e. The summed E-state index contributed by atoms with van der Waals surface area (Å²) in [6.45, 7) is 4.58. The van der Waals surface area contributed by atoms with E-state index in [1.54, 1.807) is 12.5 Å². The Morgan fingerprint density at radius 1 is 1.28 bits per heavy atom. The Morgan fingerprint density at radius 3 is 2.84 bits per heavy atom. The zero-order chi connectivity index (χ0) is 17.2. The second-order valence-electron chi connectivity index (χ2n) is 6.51. The van der Waals surface area contributed by atoms with E-state index in [4.69, 9.17) is 4.42 Å². The number of likely N-dealkylation sites (tertiary alicyclic amines) is 1. The van der Waals surface area contributed by atoms with Gasteiger partial charge in [-0.2, -0.15) is 0 Å². The molecule has 0 aromatic carbocycles. The molecule has 0 unspecified atom stereocenters. The van der Waals surface area contributed by atoms with E-state index in [-0.39, 0.29) is 11.9 Å². The van der Waals surface area contributed by atoms with Crippen molar-refractivity contribution in [3.05, 3.63) is 59.9 Å². The lowest BCUT2D eigenvalue weighted by Gasteiger charge is -2.25. The van der Waals surface area contributed by atoms with Gasteiger partial charge >= 0.3 is 0 Å². The van der Waals surface area contributed by atoms with Crippen LogP contribution in [0.15, 0.2) is 47.2 Å². The SMILES string of the molecule is Cc1cccc2nc(C(=O)NC[C@@H](c3ccco3)N3CCCC3)cn12. The number of imidazole rings is 1. The van der Waals surface area contributed by atoms with Crippen molar-refractivity contribution in [3.8, 4) is 0 Å². The summed E-state index contributed by atoms with van der Waals surface area (Å²) < 4.78 is 7.53. The van der Waals surface area contributed by atoms with Crippen molar-refractivity contribution < 1.29 is 9.21 Å². The van der Waals surface area contributed by atoms with Gasteiger partial charge in [0.25, 0.3) is 5.91 Å². The van der Waals surface area contributed by atoms with Crippen LogP contribution in [0.5, 0.6) is 0 Å². The number of fused-ring (bicyclic) bond motifs is 1. The van der Waals surface area contributed by atoms with E-state index in [2.05, 4.69) is 15.2 Å². The number of hydrogen-bond acceptors (Lipinski definition) is 4. The fourth-order valence-electron chi connectivity index (χ4n) is 3.48. The highest BCUT2D eigenvalue weighted by molar-refractivity contribution is 5.92. The second-order valence-corrected chi connectivity index (χ2v) is 6.51. The molecule has 4 heterocycles. The van der Waals surface area contributed by atoms with Crippen molar-refractivity contribution in [1.29, 1.82) is 0 Å². The van der Waals surface area contributed by atoms with Gasteiger partial charge in [0.05, 0.1) is 12.3 Å². The van der Waals surface area contributed by atoms with Gasteiger partial charge in [0.15, 0.2) is 0 Å². The third-order valence-corrected chi connectivity index (χ3v) is 4.84. The number of nitrogens with one attached hydrogen (secondary N) is 1. The summed E-state index contributed by atoms with van der Waals surface area (Å²) >= 11 is 0. The third kappa shape index (κ3) is 3.17. The van der Waals surface area contributed by atoms with Crippen molar-refractivity contribution in [2.75, 3.05) is 19.6 Å². The predicted octanol–water partition coefficient (Wildman–Crippen LogP) is 2.80. The van der Waals surface area contributed by atoms with E-state index < -0.39 is 0 Å². The fourth-order valence-corrected chi connectivity index (χ4v) is 3.48. The maximum atomic E-state index is 12.6. The van der Waals surface area contributed by atoms with Crippen LogP contribution in [0.4, 0.5) is 0 Å². The summed E-state index contributed by atoms with van der Waals surface area (Å²) in [5.41, 5.74) is 2.27. The summed E-state index contributed by atoms with van der Waals surface area (Å²) in [4.78, 5) is 19.4. The van der Waals surface area contributed by atoms with E-state index in [9.17, 15) is 4.79 Å². The topological polar surface area (TPSA) is 62.8 Å². The summed E-state index contributed by atoms with van der Waals surface area (Å²) in [5.74, 6) is 0.742. The molecule has 4 rings (SSSR count). The van der Waals surface area contributed by atoms with Gasteiger partial charge in [-0.15, -0.1) is 0 Å². The summed E-state index contributed by atoms with van der Waals surface area (Å²) in [6, 6.07) is 9.78. The minimum atomic E-state index is -0.154. The molecule has 130 valence electrons. The largest absolute Gasteiger partial charge is 0.468 e. The second kappa shape index (κ2) is 6.72. The molecular formula is C19H22N4O2. The normalized spacial score (nSPS) is 16.4. The number of carbonyl (C=O) groups is 1. The highest BCUT2D eigenvalue weighted by atomic mass is 16.3. The summed E-state index contributed by atoms with van der Waals surface area (Å²) in [7, 11) is 0. The van der Waals surface area contributed by atoms with Crippen molar-refractivity contribution in [1.82, 2.24) is 19.6 Å². The number of carbonyl (C=O) groups excluding carboxylic acids is 1. The minimum absolute atomic E-state index is 0.0696. The number of hydrogen-bond donors (Lipinski definition) is 1. The first-order valence-electron chi connectivity index (χ1n) is 8.73. The molecule has 3 aromatic heterocycles. The summed E-state index contributed by atoms with van der Waals surface area (Å²) in [6.07, 6.45) is 5.86. The van der Waals surface area contributed by atoms with Gasteiger partial charge in [-0.25, -0.2) is 4.98 Å². The lowest BCUT2D eigenvalue weighted by molar-refractivity contribution is 0.0929. The van der Waals surface area contributed by atoms with Gasteiger partial charge < -0.3 is 14.1 Å². The fraction of sp³-hybridized carbons (Fsp3) is 0.368. The Hall–Kier alpha value is -2.60. The van der Waals surface area contributed by atoms with Crippen LogP contribution >= 0.6 is 0 Å². The van der Waals surface area contributed by atoms with Gasteiger partial charge in [0, 0.05) is 18.4 Å². The minimum Gasteiger partial charge on any atom is -0.468 e. The number of rotatable bonds is 5. The third-order valence-electron chi connectivity index (χ3n) is 4.84. The van der Waals surface area contributed by atoms with Gasteiger partial charge in [0.2, 0.25) is 0 Å². The molecule has 25 heavy (non-hydrogen) atoms. The Kier molecular flexibility index (Phi) is 4.28. The van der Waals surface area contributed by atoms with Gasteiger partial charge in [-0.05, 0) is 57.1 Å². The Labute approximate surface area is 146 Å². The van der Waals surface area contributed by atoms with E-state index in [0.717, 1.165) is 30.2 Å². The van der Waals surface area contributed by atoms with E-state index in [0.29, 0.717) is 12.2 Å². The predicted molar refractivity (Wildman–Crippen MR) is 94.5 cm³/mol. The quantitative estimate of drug-likeness (QED) is 0.777. The van der Waals surface area contributed by atoms with Crippen molar-refractivity contribution in [3.63, 3.8) is 0 Å². The first-order chi connectivity index (χ1) is 12.2. The first kappa shape index (κ1) is 15.9. The van der Waals surface area contributed by atoms with Crippen molar-refractivity contribution in [2.45, 2.75) is 25.8 Å². The standard InChI is InChI=1S/C19H22N4O2/c1-14-6-4-8-18-21-15(13-23(14)18)19(24)20-12-16(17-7-5-11-25-17)22-9-2-3-10-22/h4-8,11,13,16H,2-3,9-10,12H2,1H3,(H,20,24)/t16-/m0/s1. The maximum Gasteiger partial charge on any atom is 0.271 e. The zero-order valence-electron chi connectivity index (χ0n) is 14.3. The molecule has 0 saturated carbocycles. The molecule has 0 bridgehead atoms. The van der Waals surface area contributed by atoms with Crippen LogP contribution in [-0.4, -0.2) is 39.8 Å². The summed E-state index contributed by atoms with van der Waals surface area (Å²) in [5, 5.41) is 3.03. The Morgan fingerprint density at radius 2 is 2.12 bits per heavy atom. The van der Waals surface area contributed by atoms with Crippen LogP contribution in [0.1, 0.15) is 40.8 Å². The van der Waals surface area contributed by atoms with Gasteiger partial charge in [-0.3, -0.25) is 9.69 Å². The molecule has 1 amide bonds. The molecule has 1 aliphatic rings. The Bertz CT molecular complexity index is 863. The number of pyridine rings is 1. The Balaban J connectivity index is 1.49. The molecule has 1 aliphatic heterocycles. The van der Waals surface area contributed by atoms with E-state index in [1.807, 2.05) is 41.7 Å². The lowest BCUT2D eigenvalue weighted by Crippen LogP contribution is -2.36. The number of amides is 1. The van der Waals surface area contributed by atoms with Crippen LogP contribution in [0.3, 0.4) is 0 Å². The molecular weight excluding hydrogens is 316 g/mol. The molecule has 1 fully saturated rings. The molecule has 1 atom stereocenters.